The van der Waals surface area contributed by atoms with Gasteiger partial charge in [0, 0.05) is 6.04 Å². The maximum atomic E-state index is 12.0. The topological polar surface area (TPSA) is 55.1 Å². The molecule has 3 nitrogen and oxygen atoms in total. The lowest BCUT2D eigenvalue weighted by molar-refractivity contribution is -0.127. The van der Waals surface area contributed by atoms with Gasteiger partial charge in [0.05, 0.1) is 5.54 Å². The molecular formula is C11H22N2OS. The van der Waals surface area contributed by atoms with E-state index in [1.165, 1.54) is 0 Å². The van der Waals surface area contributed by atoms with E-state index in [-0.39, 0.29) is 5.91 Å². The van der Waals surface area contributed by atoms with E-state index in [1.807, 2.05) is 25.6 Å². The highest BCUT2D eigenvalue weighted by atomic mass is 32.2. The van der Waals surface area contributed by atoms with Crippen molar-refractivity contribution in [3.8, 4) is 0 Å². The molecule has 1 heterocycles. The van der Waals surface area contributed by atoms with Crippen LogP contribution in [0.1, 0.15) is 39.5 Å². The fraction of sp³-hybridized carbons (Fsp3) is 0.909. The average Bonchev–Trinajstić information content (AvgIpc) is 2.29. The minimum Gasteiger partial charge on any atom is -0.352 e. The number of nitrogens with one attached hydrogen (secondary N) is 1. The number of hydrogen-bond acceptors (Lipinski definition) is 3. The molecule has 15 heavy (non-hydrogen) atoms. The van der Waals surface area contributed by atoms with Crippen molar-refractivity contribution in [3.63, 3.8) is 0 Å². The Hall–Kier alpha value is -0.220. The van der Waals surface area contributed by atoms with E-state index in [1.54, 1.807) is 0 Å². The second-order valence-electron chi connectivity index (χ2n) is 4.22. The van der Waals surface area contributed by atoms with Crippen LogP contribution in [0.25, 0.3) is 0 Å². The van der Waals surface area contributed by atoms with Crippen LogP contribution in [-0.2, 0) is 4.79 Å². The molecule has 0 spiro atoms. The van der Waals surface area contributed by atoms with E-state index in [2.05, 4.69) is 5.32 Å². The average molecular weight is 230 g/mol. The predicted molar refractivity (Wildman–Crippen MR) is 66.0 cm³/mol. The maximum absolute atomic E-state index is 12.0. The van der Waals surface area contributed by atoms with Crippen LogP contribution < -0.4 is 11.1 Å². The number of nitrogens with two attached hydrogens (primary N) is 1. The summed E-state index contributed by atoms with van der Waals surface area (Å²) in [6.07, 6.45) is 3.58. The lowest BCUT2D eigenvalue weighted by Crippen LogP contribution is -2.55. The highest BCUT2D eigenvalue weighted by Crippen LogP contribution is 2.18. The van der Waals surface area contributed by atoms with Crippen LogP contribution in [0.3, 0.4) is 0 Å². The van der Waals surface area contributed by atoms with Crippen LogP contribution in [0.5, 0.6) is 0 Å². The van der Waals surface area contributed by atoms with Crippen LogP contribution in [-0.4, -0.2) is 29.0 Å². The molecule has 0 saturated carbocycles. The fourth-order valence-electron chi connectivity index (χ4n) is 1.74. The molecule has 0 radical (unpaired) electrons. The Morgan fingerprint density at radius 2 is 1.93 bits per heavy atom. The standard InChI is InChI=1S/C11H22N2OS/c1-3-11(12,4-2)10(14)13-9-5-7-15-8-6-9/h9H,3-8,12H2,1-2H3,(H,13,14). The smallest absolute Gasteiger partial charge is 0.240 e. The first-order valence-electron chi connectivity index (χ1n) is 5.80. The number of carbonyl (C=O) groups is 1. The summed E-state index contributed by atoms with van der Waals surface area (Å²) in [6, 6.07) is 0.347. The zero-order valence-corrected chi connectivity index (χ0v) is 10.5. The van der Waals surface area contributed by atoms with E-state index in [0.717, 1.165) is 24.3 Å². The Kier molecular flexibility index (Phi) is 4.93. The van der Waals surface area contributed by atoms with Crippen LogP contribution in [0.2, 0.25) is 0 Å². The summed E-state index contributed by atoms with van der Waals surface area (Å²) in [5.74, 6) is 2.34. The molecule has 0 unspecified atom stereocenters. The fourth-order valence-corrected chi connectivity index (χ4v) is 2.85. The Bertz CT molecular complexity index is 211. The van der Waals surface area contributed by atoms with Gasteiger partial charge in [0.1, 0.15) is 0 Å². The highest BCUT2D eigenvalue weighted by molar-refractivity contribution is 7.99. The second kappa shape index (κ2) is 5.75. The van der Waals surface area contributed by atoms with Crippen LogP contribution >= 0.6 is 11.8 Å². The number of carbonyl (C=O) groups excluding carboxylic acids is 1. The van der Waals surface area contributed by atoms with Gasteiger partial charge in [0.2, 0.25) is 5.91 Å². The van der Waals surface area contributed by atoms with Gasteiger partial charge in [-0.3, -0.25) is 4.79 Å². The molecule has 0 aromatic heterocycles. The first kappa shape index (κ1) is 12.8. The van der Waals surface area contributed by atoms with Gasteiger partial charge in [-0.25, -0.2) is 0 Å². The Labute approximate surface area is 96.6 Å². The van der Waals surface area contributed by atoms with Gasteiger partial charge < -0.3 is 11.1 Å². The first-order valence-corrected chi connectivity index (χ1v) is 6.95. The third-order valence-electron chi connectivity index (χ3n) is 3.27. The van der Waals surface area contributed by atoms with Crippen molar-refractivity contribution < 1.29 is 4.79 Å². The second-order valence-corrected chi connectivity index (χ2v) is 5.45. The van der Waals surface area contributed by atoms with Crippen molar-refractivity contribution >= 4 is 17.7 Å². The van der Waals surface area contributed by atoms with E-state index in [0.29, 0.717) is 18.9 Å². The van der Waals surface area contributed by atoms with Crippen molar-refractivity contribution in [2.45, 2.75) is 51.1 Å². The number of rotatable bonds is 4. The molecule has 3 N–H and O–H groups in total. The monoisotopic (exact) mass is 230 g/mol. The molecule has 1 aliphatic heterocycles. The quantitative estimate of drug-likeness (QED) is 0.770. The molecule has 0 aliphatic carbocycles. The zero-order valence-electron chi connectivity index (χ0n) is 9.71. The number of hydrogen-bond donors (Lipinski definition) is 2. The third kappa shape index (κ3) is 3.38. The SMILES string of the molecule is CCC(N)(CC)C(=O)NC1CCSCC1. The summed E-state index contributed by atoms with van der Waals surface area (Å²) in [5, 5.41) is 3.08. The lowest BCUT2D eigenvalue weighted by atomic mass is 9.92. The molecule has 0 atom stereocenters. The predicted octanol–water partition coefficient (Wildman–Crippen LogP) is 1.52. The first-order chi connectivity index (χ1) is 7.12. The van der Waals surface area contributed by atoms with E-state index >= 15 is 0 Å². The summed E-state index contributed by atoms with van der Waals surface area (Å²) in [5.41, 5.74) is 5.38. The van der Waals surface area contributed by atoms with Crippen LogP contribution in [0.4, 0.5) is 0 Å². The molecule has 0 aromatic rings. The minimum absolute atomic E-state index is 0.0319. The molecule has 1 fully saturated rings. The van der Waals surface area contributed by atoms with Crippen molar-refractivity contribution in [1.82, 2.24) is 5.32 Å². The minimum atomic E-state index is -0.662. The number of amides is 1. The molecule has 1 amide bonds. The van der Waals surface area contributed by atoms with Gasteiger partial charge in [-0.05, 0) is 37.2 Å². The van der Waals surface area contributed by atoms with Gasteiger partial charge in [-0.15, -0.1) is 0 Å². The normalized spacial score (nSPS) is 18.9. The van der Waals surface area contributed by atoms with Crippen molar-refractivity contribution in [2.24, 2.45) is 5.73 Å². The summed E-state index contributed by atoms with van der Waals surface area (Å²) < 4.78 is 0. The zero-order chi connectivity index (χ0) is 11.3. The van der Waals surface area contributed by atoms with Crippen molar-refractivity contribution in [2.75, 3.05) is 11.5 Å². The van der Waals surface area contributed by atoms with E-state index in [9.17, 15) is 4.79 Å². The van der Waals surface area contributed by atoms with Crippen molar-refractivity contribution in [1.29, 1.82) is 0 Å². The summed E-state index contributed by atoms with van der Waals surface area (Å²) >= 11 is 1.96. The summed E-state index contributed by atoms with van der Waals surface area (Å²) in [4.78, 5) is 12.0. The van der Waals surface area contributed by atoms with Crippen LogP contribution in [0, 0.1) is 0 Å². The molecule has 88 valence electrons. The molecule has 4 heteroatoms. The Morgan fingerprint density at radius 1 is 1.40 bits per heavy atom. The van der Waals surface area contributed by atoms with E-state index in [4.69, 9.17) is 5.73 Å². The van der Waals surface area contributed by atoms with Gasteiger partial charge in [-0.2, -0.15) is 11.8 Å². The number of thioether (sulfide) groups is 1. The maximum Gasteiger partial charge on any atom is 0.240 e. The Morgan fingerprint density at radius 3 is 2.40 bits per heavy atom. The van der Waals surface area contributed by atoms with Gasteiger partial charge in [0.15, 0.2) is 0 Å². The van der Waals surface area contributed by atoms with E-state index < -0.39 is 5.54 Å². The highest BCUT2D eigenvalue weighted by Gasteiger charge is 2.31. The molecular weight excluding hydrogens is 208 g/mol. The third-order valence-corrected chi connectivity index (χ3v) is 4.32. The van der Waals surface area contributed by atoms with Gasteiger partial charge in [0.25, 0.3) is 0 Å². The lowest BCUT2D eigenvalue weighted by Gasteiger charge is -2.30. The molecule has 1 saturated heterocycles. The molecule has 0 aromatic carbocycles. The molecule has 1 aliphatic rings. The van der Waals surface area contributed by atoms with Gasteiger partial charge in [-0.1, -0.05) is 13.8 Å². The Balaban J connectivity index is 2.45. The molecule has 0 bridgehead atoms. The van der Waals surface area contributed by atoms with Crippen molar-refractivity contribution in [3.05, 3.63) is 0 Å². The summed E-state index contributed by atoms with van der Waals surface area (Å²) in [6.45, 7) is 3.94. The largest absolute Gasteiger partial charge is 0.352 e. The summed E-state index contributed by atoms with van der Waals surface area (Å²) in [7, 11) is 0. The molecule has 1 rings (SSSR count). The van der Waals surface area contributed by atoms with Gasteiger partial charge >= 0.3 is 0 Å². The van der Waals surface area contributed by atoms with Crippen LogP contribution in [0.15, 0.2) is 0 Å².